The van der Waals surface area contributed by atoms with Crippen LogP contribution in [0.4, 0.5) is 5.69 Å². The number of methoxy groups -OCH3 is 1. The molecule has 0 bridgehead atoms. The predicted octanol–water partition coefficient (Wildman–Crippen LogP) is 2.31. The Morgan fingerprint density at radius 2 is 2.12 bits per heavy atom. The van der Waals surface area contributed by atoms with Gasteiger partial charge in [0.1, 0.15) is 0 Å². The van der Waals surface area contributed by atoms with E-state index in [9.17, 15) is 0 Å². The summed E-state index contributed by atoms with van der Waals surface area (Å²) in [5, 5.41) is 0. The van der Waals surface area contributed by atoms with Gasteiger partial charge in [0.25, 0.3) is 0 Å². The fourth-order valence-corrected chi connectivity index (χ4v) is 2.32. The zero-order valence-corrected chi connectivity index (χ0v) is 11.4. The van der Waals surface area contributed by atoms with Gasteiger partial charge >= 0.3 is 0 Å². The van der Waals surface area contributed by atoms with Gasteiger partial charge in [-0.1, -0.05) is 18.2 Å². The zero-order valence-electron chi connectivity index (χ0n) is 11.4. The Kier molecular flexibility index (Phi) is 5.45. The predicted molar refractivity (Wildman–Crippen MR) is 73.4 cm³/mol. The van der Waals surface area contributed by atoms with Crippen molar-refractivity contribution in [3.05, 3.63) is 29.3 Å². The highest BCUT2D eigenvalue weighted by Gasteiger charge is 2.17. The van der Waals surface area contributed by atoms with E-state index in [0.29, 0.717) is 12.6 Å². The first-order valence-corrected chi connectivity index (χ1v) is 6.19. The molecule has 2 N–H and O–H groups in total. The van der Waals surface area contributed by atoms with Crippen LogP contribution < -0.4 is 10.6 Å². The summed E-state index contributed by atoms with van der Waals surface area (Å²) in [6.45, 7) is 8.75. The lowest BCUT2D eigenvalue weighted by molar-refractivity contribution is 0.182. The standard InChI is InChI=1S/C14H24N2O/c1-5-16(12(3)10-17-4)14-11(2)7-6-8-13(14)9-15/h6-8,12H,5,9-10,15H2,1-4H3. The molecule has 17 heavy (non-hydrogen) atoms. The van der Waals surface area contributed by atoms with E-state index in [4.69, 9.17) is 10.5 Å². The molecule has 0 aromatic heterocycles. The van der Waals surface area contributed by atoms with E-state index in [0.717, 1.165) is 13.2 Å². The van der Waals surface area contributed by atoms with Gasteiger partial charge in [-0.2, -0.15) is 0 Å². The summed E-state index contributed by atoms with van der Waals surface area (Å²) >= 11 is 0. The summed E-state index contributed by atoms with van der Waals surface area (Å²) < 4.78 is 5.25. The second-order valence-electron chi connectivity index (χ2n) is 4.38. The fourth-order valence-electron chi connectivity index (χ4n) is 2.32. The first kappa shape index (κ1) is 14.0. The molecule has 0 spiro atoms. The van der Waals surface area contributed by atoms with Gasteiger partial charge in [-0.05, 0) is 31.9 Å². The molecule has 0 aliphatic heterocycles. The van der Waals surface area contributed by atoms with E-state index in [1.807, 2.05) is 0 Å². The molecule has 1 rings (SSSR count). The number of nitrogens with zero attached hydrogens (tertiary/aromatic N) is 1. The average Bonchev–Trinajstić information content (AvgIpc) is 2.32. The molecule has 0 aliphatic rings. The Bertz CT molecular complexity index is 352. The van der Waals surface area contributed by atoms with Crippen molar-refractivity contribution in [3.63, 3.8) is 0 Å². The Morgan fingerprint density at radius 3 is 2.65 bits per heavy atom. The van der Waals surface area contributed by atoms with Crippen molar-refractivity contribution in [2.75, 3.05) is 25.2 Å². The lowest BCUT2D eigenvalue weighted by Crippen LogP contribution is -2.37. The van der Waals surface area contributed by atoms with Crippen LogP contribution in [-0.2, 0) is 11.3 Å². The molecule has 1 aromatic rings. The normalized spacial score (nSPS) is 12.5. The molecule has 0 saturated carbocycles. The SMILES string of the molecule is CCN(c1c(C)cccc1CN)C(C)COC. The fraction of sp³-hybridized carbons (Fsp3) is 0.571. The van der Waals surface area contributed by atoms with Gasteiger partial charge in [-0.3, -0.25) is 0 Å². The van der Waals surface area contributed by atoms with Crippen molar-refractivity contribution >= 4 is 5.69 Å². The van der Waals surface area contributed by atoms with E-state index >= 15 is 0 Å². The minimum absolute atomic E-state index is 0.358. The topological polar surface area (TPSA) is 38.5 Å². The third-order valence-corrected chi connectivity index (χ3v) is 3.11. The molecular formula is C14H24N2O. The first-order chi connectivity index (χ1) is 8.15. The third-order valence-electron chi connectivity index (χ3n) is 3.11. The largest absolute Gasteiger partial charge is 0.383 e. The zero-order chi connectivity index (χ0) is 12.8. The lowest BCUT2D eigenvalue weighted by Gasteiger charge is -2.32. The molecule has 3 heteroatoms. The quantitative estimate of drug-likeness (QED) is 0.823. The van der Waals surface area contributed by atoms with Crippen LogP contribution in [0.1, 0.15) is 25.0 Å². The molecule has 96 valence electrons. The summed E-state index contributed by atoms with van der Waals surface area (Å²) in [6, 6.07) is 6.66. The molecule has 0 heterocycles. The Hall–Kier alpha value is -1.06. The maximum absolute atomic E-state index is 5.83. The van der Waals surface area contributed by atoms with Crippen LogP contribution in [0.25, 0.3) is 0 Å². The summed E-state index contributed by atoms with van der Waals surface area (Å²) in [5.41, 5.74) is 9.57. The number of nitrogens with two attached hydrogens (primary N) is 1. The molecule has 0 amide bonds. The van der Waals surface area contributed by atoms with Gasteiger partial charge in [0.2, 0.25) is 0 Å². The van der Waals surface area contributed by atoms with Gasteiger partial charge in [-0.25, -0.2) is 0 Å². The minimum atomic E-state index is 0.358. The number of aryl methyl sites for hydroxylation is 1. The van der Waals surface area contributed by atoms with Crippen molar-refractivity contribution in [2.24, 2.45) is 5.73 Å². The maximum Gasteiger partial charge on any atom is 0.0663 e. The van der Waals surface area contributed by atoms with Gasteiger partial charge in [0.05, 0.1) is 6.61 Å². The Morgan fingerprint density at radius 1 is 1.41 bits per heavy atom. The first-order valence-electron chi connectivity index (χ1n) is 6.19. The van der Waals surface area contributed by atoms with Crippen LogP contribution in [0.3, 0.4) is 0 Å². The second kappa shape index (κ2) is 6.62. The van der Waals surface area contributed by atoms with Gasteiger partial charge in [0, 0.05) is 31.9 Å². The van der Waals surface area contributed by atoms with Gasteiger partial charge < -0.3 is 15.4 Å². The summed E-state index contributed by atoms with van der Waals surface area (Å²) in [7, 11) is 1.74. The van der Waals surface area contributed by atoms with Crippen LogP contribution in [0, 0.1) is 6.92 Å². The minimum Gasteiger partial charge on any atom is -0.383 e. The molecule has 1 aromatic carbocycles. The summed E-state index contributed by atoms with van der Waals surface area (Å²) in [4.78, 5) is 2.36. The number of anilines is 1. The number of rotatable bonds is 6. The highest BCUT2D eigenvalue weighted by molar-refractivity contribution is 5.60. The average molecular weight is 236 g/mol. The Labute approximate surface area is 105 Å². The number of para-hydroxylation sites is 1. The van der Waals surface area contributed by atoms with Crippen molar-refractivity contribution in [3.8, 4) is 0 Å². The molecular weight excluding hydrogens is 212 g/mol. The molecule has 0 radical (unpaired) electrons. The number of benzene rings is 1. The maximum atomic E-state index is 5.83. The van der Waals surface area contributed by atoms with E-state index in [-0.39, 0.29) is 0 Å². The van der Waals surface area contributed by atoms with Crippen LogP contribution in [0.5, 0.6) is 0 Å². The monoisotopic (exact) mass is 236 g/mol. The van der Waals surface area contributed by atoms with E-state index in [2.05, 4.69) is 43.9 Å². The number of hydrogen-bond donors (Lipinski definition) is 1. The number of ether oxygens (including phenoxy) is 1. The molecule has 0 saturated heterocycles. The van der Waals surface area contributed by atoms with Crippen molar-refractivity contribution in [2.45, 2.75) is 33.4 Å². The lowest BCUT2D eigenvalue weighted by atomic mass is 10.1. The van der Waals surface area contributed by atoms with Gasteiger partial charge in [0.15, 0.2) is 0 Å². The molecule has 0 fully saturated rings. The molecule has 1 atom stereocenters. The van der Waals surface area contributed by atoms with E-state index < -0.39 is 0 Å². The second-order valence-corrected chi connectivity index (χ2v) is 4.38. The smallest absolute Gasteiger partial charge is 0.0663 e. The van der Waals surface area contributed by atoms with E-state index in [1.54, 1.807) is 7.11 Å². The highest BCUT2D eigenvalue weighted by atomic mass is 16.5. The summed E-state index contributed by atoms with van der Waals surface area (Å²) in [6.07, 6.45) is 0. The highest BCUT2D eigenvalue weighted by Crippen LogP contribution is 2.26. The summed E-state index contributed by atoms with van der Waals surface area (Å²) in [5.74, 6) is 0. The number of hydrogen-bond acceptors (Lipinski definition) is 3. The van der Waals surface area contributed by atoms with Gasteiger partial charge in [-0.15, -0.1) is 0 Å². The van der Waals surface area contributed by atoms with Crippen molar-refractivity contribution < 1.29 is 4.74 Å². The van der Waals surface area contributed by atoms with Crippen molar-refractivity contribution in [1.82, 2.24) is 0 Å². The third kappa shape index (κ3) is 3.20. The van der Waals surface area contributed by atoms with Crippen LogP contribution in [0.2, 0.25) is 0 Å². The molecule has 0 aliphatic carbocycles. The van der Waals surface area contributed by atoms with Crippen LogP contribution in [0.15, 0.2) is 18.2 Å². The van der Waals surface area contributed by atoms with Crippen LogP contribution in [-0.4, -0.2) is 26.3 Å². The van der Waals surface area contributed by atoms with Crippen molar-refractivity contribution in [1.29, 1.82) is 0 Å². The molecule has 1 unspecified atom stereocenters. The number of likely N-dealkylation sites (N-methyl/N-ethyl adjacent to an activating group) is 1. The van der Waals surface area contributed by atoms with Crippen LogP contribution >= 0.6 is 0 Å². The Balaban J connectivity index is 3.10. The van der Waals surface area contributed by atoms with E-state index in [1.165, 1.54) is 16.8 Å². The molecule has 3 nitrogen and oxygen atoms in total.